The Labute approximate surface area is 135 Å². The molecule has 1 aliphatic heterocycles. The van der Waals surface area contributed by atoms with Gasteiger partial charge in [0.15, 0.2) is 0 Å². The Hall–Kier alpha value is -1.51. The van der Waals surface area contributed by atoms with Gasteiger partial charge in [0.05, 0.1) is 16.7 Å². The van der Waals surface area contributed by atoms with Crippen LogP contribution in [0.3, 0.4) is 0 Å². The Morgan fingerprint density at radius 1 is 1.43 bits per heavy atom. The zero-order chi connectivity index (χ0) is 17.0. The molecule has 0 radical (unpaired) electrons. The van der Waals surface area contributed by atoms with Gasteiger partial charge in [0.25, 0.3) is 0 Å². The van der Waals surface area contributed by atoms with Gasteiger partial charge in [-0.25, -0.2) is 17.1 Å². The number of halogens is 1. The molecule has 8 heteroatoms. The molecule has 1 aliphatic rings. The summed E-state index contributed by atoms with van der Waals surface area (Å²) >= 11 is 0. The number of rotatable bonds is 6. The van der Waals surface area contributed by atoms with Crippen molar-refractivity contribution in [2.45, 2.75) is 36.7 Å². The Morgan fingerprint density at radius 2 is 2.17 bits per heavy atom. The molecular formula is C15H21FN2O4S. The minimum atomic E-state index is -3.68. The van der Waals surface area contributed by atoms with Crippen molar-refractivity contribution in [2.24, 2.45) is 0 Å². The van der Waals surface area contributed by atoms with E-state index in [4.69, 9.17) is 4.74 Å². The molecule has 1 heterocycles. The highest BCUT2D eigenvalue weighted by atomic mass is 32.2. The first-order chi connectivity index (χ1) is 10.8. The number of carbonyl (C=O) groups is 1. The summed E-state index contributed by atoms with van der Waals surface area (Å²) in [6, 6.07) is 3.34. The summed E-state index contributed by atoms with van der Waals surface area (Å²) in [6.07, 6.45) is 2.77. The molecule has 1 atom stereocenters. The van der Waals surface area contributed by atoms with Crippen molar-refractivity contribution in [1.82, 2.24) is 4.31 Å². The van der Waals surface area contributed by atoms with Crippen molar-refractivity contribution in [3.63, 3.8) is 0 Å². The van der Waals surface area contributed by atoms with E-state index in [9.17, 15) is 17.6 Å². The molecule has 1 aromatic carbocycles. The number of nitrogens with one attached hydrogen (secondary N) is 1. The largest absolute Gasteiger partial charge is 0.378 e. The molecule has 2 rings (SSSR count). The van der Waals surface area contributed by atoms with Gasteiger partial charge >= 0.3 is 0 Å². The standard InChI is InChI=1S/C15H21FN2O4S/c1-18(2)23(20,21)12-6-7-13(16)14(10-12)17-15(19)8-5-11-4-3-9-22-11/h6-7,10-11H,3-5,8-9H2,1-2H3,(H,17,19)/t11-/m0/s1. The van der Waals surface area contributed by atoms with Gasteiger partial charge in [-0.15, -0.1) is 0 Å². The number of hydrogen-bond acceptors (Lipinski definition) is 4. The van der Waals surface area contributed by atoms with Crippen molar-refractivity contribution in [1.29, 1.82) is 0 Å². The Morgan fingerprint density at radius 3 is 2.78 bits per heavy atom. The molecular weight excluding hydrogens is 323 g/mol. The molecule has 0 spiro atoms. The first-order valence-corrected chi connectivity index (χ1v) is 8.88. The summed E-state index contributed by atoms with van der Waals surface area (Å²) in [5.41, 5.74) is -0.134. The predicted octanol–water partition coefficient (Wildman–Crippen LogP) is 1.97. The van der Waals surface area contributed by atoms with Crippen LogP contribution in [0, 0.1) is 5.82 Å². The topological polar surface area (TPSA) is 75.7 Å². The van der Waals surface area contributed by atoms with Crippen molar-refractivity contribution in [3.8, 4) is 0 Å². The molecule has 0 aromatic heterocycles. The summed E-state index contributed by atoms with van der Waals surface area (Å²) in [5.74, 6) is -1.04. The van der Waals surface area contributed by atoms with E-state index in [1.54, 1.807) is 0 Å². The van der Waals surface area contributed by atoms with Crippen LogP contribution in [0.15, 0.2) is 23.1 Å². The maximum Gasteiger partial charge on any atom is 0.242 e. The quantitative estimate of drug-likeness (QED) is 0.856. The fraction of sp³-hybridized carbons (Fsp3) is 0.533. The lowest BCUT2D eigenvalue weighted by Crippen LogP contribution is -2.22. The second-order valence-corrected chi connectivity index (χ2v) is 7.80. The molecule has 0 aliphatic carbocycles. The lowest BCUT2D eigenvalue weighted by Gasteiger charge is -2.14. The number of hydrogen-bond donors (Lipinski definition) is 1. The van der Waals surface area contributed by atoms with E-state index in [2.05, 4.69) is 5.32 Å². The average Bonchev–Trinajstić information content (AvgIpc) is 3.00. The highest BCUT2D eigenvalue weighted by molar-refractivity contribution is 7.89. The first kappa shape index (κ1) is 17.8. The molecule has 0 saturated carbocycles. The molecule has 0 bridgehead atoms. The fourth-order valence-corrected chi connectivity index (χ4v) is 3.28. The van der Waals surface area contributed by atoms with Gasteiger partial charge in [0, 0.05) is 27.1 Å². The first-order valence-electron chi connectivity index (χ1n) is 7.44. The van der Waals surface area contributed by atoms with E-state index < -0.39 is 15.8 Å². The average molecular weight is 344 g/mol. The van der Waals surface area contributed by atoms with Crippen LogP contribution in [0.1, 0.15) is 25.7 Å². The van der Waals surface area contributed by atoms with E-state index in [0.29, 0.717) is 13.0 Å². The van der Waals surface area contributed by atoms with Crippen molar-refractivity contribution in [3.05, 3.63) is 24.0 Å². The summed E-state index contributed by atoms with van der Waals surface area (Å²) < 4.78 is 44.4. The maximum absolute atomic E-state index is 13.8. The van der Waals surface area contributed by atoms with Crippen LogP contribution >= 0.6 is 0 Å². The summed E-state index contributed by atoms with van der Waals surface area (Å²) in [7, 11) is -0.907. The number of benzene rings is 1. The van der Waals surface area contributed by atoms with Crippen LogP contribution in [0.25, 0.3) is 0 Å². The van der Waals surface area contributed by atoms with Crippen molar-refractivity contribution in [2.75, 3.05) is 26.0 Å². The van der Waals surface area contributed by atoms with Gasteiger partial charge in [-0.1, -0.05) is 0 Å². The Bertz CT molecular complexity index is 670. The lowest BCUT2D eigenvalue weighted by molar-refractivity contribution is -0.116. The van der Waals surface area contributed by atoms with Gasteiger partial charge in [0.1, 0.15) is 5.82 Å². The van der Waals surface area contributed by atoms with E-state index >= 15 is 0 Å². The zero-order valence-electron chi connectivity index (χ0n) is 13.2. The molecule has 1 saturated heterocycles. The number of ether oxygens (including phenoxy) is 1. The van der Waals surface area contributed by atoms with E-state index in [1.165, 1.54) is 20.2 Å². The highest BCUT2D eigenvalue weighted by Crippen LogP contribution is 2.22. The molecule has 0 unspecified atom stereocenters. The lowest BCUT2D eigenvalue weighted by atomic mass is 10.1. The molecule has 6 nitrogen and oxygen atoms in total. The summed E-state index contributed by atoms with van der Waals surface area (Å²) in [5, 5.41) is 2.43. The monoisotopic (exact) mass is 344 g/mol. The Balaban J connectivity index is 2.05. The van der Waals surface area contributed by atoms with Crippen molar-refractivity contribution < 1.29 is 22.3 Å². The van der Waals surface area contributed by atoms with Crippen LogP contribution in [-0.2, 0) is 19.6 Å². The molecule has 1 N–H and O–H groups in total. The highest BCUT2D eigenvalue weighted by Gasteiger charge is 2.20. The number of sulfonamides is 1. The number of nitrogens with zero attached hydrogens (tertiary/aromatic N) is 1. The summed E-state index contributed by atoms with van der Waals surface area (Å²) in [6.45, 7) is 0.714. The van der Waals surface area contributed by atoms with Gasteiger partial charge < -0.3 is 10.1 Å². The van der Waals surface area contributed by atoms with Gasteiger partial charge in [-0.2, -0.15) is 0 Å². The second kappa shape index (κ2) is 7.37. The van der Waals surface area contributed by atoms with Gasteiger partial charge in [-0.3, -0.25) is 4.79 Å². The maximum atomic E-state index is 13.8. The fourth-order valence-electron chi connectivity index (χ4n) is 2.35. The summed E-state index contributed by atoms with van der Waals surface area (Å²) in [4.78, 5) is 11.9. The molecule has 1 aromatic rings. The third-order valence-corrected chi connectivity index (χ3v) is 5.52. The second-order valence-electron chi connectivity index (χ2n) is 5.65. The minimum absolute atomic E-state index is 0.0710. The normalized spacial score (nSPS) is 18.3. The SMILES string of the molecule is CN(C)S(=O)(=O)c1ccc(F)c(NC(=O)CC[C@@H]2CCCO2)c1. The van der Waals surface area contributed by atoms with Crippen LogP contribution in [0.5, 0.6) is 0 Å². The minimum Gasteiger partial charge on any atom is -0.378 e. The number of amides is 1. The van der Waals surface area contributed by atoms with Gasteiger partial charge in [0.2, 0.25) is 15.9 Å². The van der Waals surface area contributed by atoms with Crippen LogP contribution in [-0.4, -0.2) is 45.4 Å². The van der Waals surface area contributed by atoms with Crippen LogP contribution in [0.2, 0.25) is 0 Å². The third kappa shape index (κ3) is 4.49. The zero-order valence-corrected chi connectivity index (χ0v) is 14.0. The smallest absolute Gasteiger partial charge is 0.242 e. The third-order valence-electron chi connectivity index (χ3n) is 3.71. The molecule has 23 heavy (non-hydrogen) atoms. The van der Waals surface area contributed by atoms with E-state index in [0.717, 1.165) is 29.3 Å². The molecule has 1 amide bonds. The number of carbonyl (C=O) groups excluding carboxylic acids is 1. The molecule has 128 valence electrons. The van der Waals surface area contributed by atoms with Crippen molar-refractivity contribution >= 4 is 21.6 Å². The van der Waals surface area contributed by atoms with E-state index in [1.807, 2.05) is 0 Å². The van der Waals surface area contributed by atoms with Gasteiger partial charge in [-0.05, 0) is 37.5 Å². The van der Waals surface area contributed by atoms with E-state index in [-0.39, 0.29) is 29.0 Å². The van der Waals surface area contributed by atoms with Crippen LogP contribution in [0.4, 0.5) is 10.1 Å². The van der Waals surface area contributed by atoms with Crippen LogP contribution < -0.4 is 5.32 Å². The molecule has 1 fully saturated rings. The predicted molar refractivity (Wildman–Crippen MR) is 84.1 cm³/mol. The number of anilines is 1. The Kier molecular flexibility index (Phi) is 5.72.